The van der Waals surface area contributed by atoms with E-state index in [2.05, 4.69) is 5.32 Å². The molecule has 0 saturated heterocycles. The van der Waals surface area contributed by atoms with Gasteiger partial charge in [-0.25, -0.2) is 12.8 Å². The van der Waals surface area contributed by atoms with Crippen molar-refractivity contribution in [2.75, 3.05) is 17.6 Å². The lowest BCUT2D eigenvalue weighted by molar-refractivity contribution is 0.335. The summed E-state index contributed by atoms with van der Waals surface area (Å²) >= 11 is 0. The number of alkyl halides is 1. The Bertz CT molecular complexity index is 555. The molecule has 2 rings (SSSR count). The van der Waals surface area contributed by atoms with Crippen LogP contribution in [0.4, 0.5) is 10.1 Å². The van der Waals surface area contributed by atoms with Crippen LogP contribution in [0.3, 0.4) is 0 Å². The number of hydrogen-bond acceptors (Lipinski definition) is 3. The van der Waals surface area contributed by atoms with Gasteiger partial charge in [0.1, 0.15) is 6.17 Å². The molecule has 0 amide bonds. The third-order valence-electron chi connectivity index (χ3n) is 3.59. The Morgan fingerprint density at radius 1 is 1.37 bits per heavy atom. The second-order valence-corrected chi connectivity index (χ2v) is 7.91. The summed E-state index contributed by atoms with van der Waals surface area (Å²) in [4.78, 5) is 0. The Balaban J connectivity index is 2.09. The van der Waals surface area contributed by atoms with Gasteiger partial charge in [-0.3, -0.25) is 0 Å². The third-order valence-corrected chi connectivity index (χ3v) is 5.83. The quantitative estimate of drug-likeness (QED) is 0.905. The highest BCUT2D eigenvalue weighted by atomic mass is 32.2. The van der Waals surface area contributed by atoms with Crippen LogP contribution in [-0.2, 0) is 16.3 Å². The maximum atomic E-state index is 14.3. The molecule has 1 aromatic rings. The molecule has 1 atom stereocenters. The standard InChI is InChI=1S/C14H20FNO2S/c1-10(2)19(17,18)9-7-13(15)12-5-3-4-11-6-8-16-14(11)12/h3-5,10,13,16H,6-9H2,1-2H3. The van der Waals surface area contributed by atoms with Crippen LogP contribution in [-0.4, -0.2) is 26.0 Å². The van der Waals surface area contributed by atoms with Crippen molar-refractivity contribution in [3.8, 4) is 0 Å². The van der Waals surface area contributed by atoms with Gasteiger partial charge in [0.05, 0.1) is 11.0 Å². The van der Waals surface area contributed by atoms with E-state index < -0.39 is 21.3 Å². The Hall–Kier alpha value is -1.10. The number of para-hydroxylation sites is 1. The van der Waals surface area contributed by atoms with E-state index in [0.29, 0.717) is 5.56 Å². The first kappa shape index (κ1) is 14.3. The molecular weight excluding hydrogens is 265 g/mol. The summed E-state index contributed by atoms with van der Waals surface area (Å²) in [5, 5.41) is 2.74. The van der Waals surface area contributed by atoms with Crippen LogP contribution < -0.4 is 5.32 Å². The molecular formula is C14H20FNO2S. The van der Waals surface area contributed by atoms with Gasteiger partial charge < -0.3 is 5.32 Å². The van der Waals surface area contributed by atoms with Crippen molar-refractivity contribution in [1.82, 2.24) is 0 Å². The number of benzene rings is 1. The van der Waals surface area contributed by atoms with Crippen LogP contribution in [0.15, 0.2) is 18.2 Å². The SMILES string of the molecule is CC(C)S(=O)(=O)CCC(F)c1cccc2c1NCC2. The summed E-state index contributed by atoms with van der Waals surface area (Å²) in [7, 11) is -3.18. The molecule has 0 saturated carbocycles. The minimum atomic E-state index is -3.18. The zero-order valence-electron chi connectivity index (χ0n) is 11.3. The molecule has 106 valence electrons. The van der Waals surface area contributed by atoms with Crippen LogP contribution in [0.2, 0.25) is 0 Å². The van der Waals surface area contributed by atoms with E-state index in [9.17, 15) is 12.8 Å². The number of fused-ring (bicyclic) bond motifs is 1. The van der Waals surface area contributed by atoms with Gasteiger partial charge in [-0.2, -0.15) is 0 Å². The van der Waals surface area contributed by atoms with Crippen molar-refractivity contribution >= 4 is 15.5 Å². The zero-order chi connectivity index (χ0) is 14.0. The summed E-state index contributed by atoms with van der Waals surface area (Å²) in [5.74, 6) is -0.102. The minimum Gasteiger partial charge on any atom is -0.384 e. The molecule has 1 N–H and O–H groups in total. The zero-order valence-corrected chi connectivity index (χ0v) is 12.1. The van der Waals surface area contributed by atoms with E-state index in [1.165, 1.54) is 0 Å². The Morgan fingerprint density at radius 2 is 2.11 bits per heavy atom. The van der Waals surface area contributed by atoms with E-state index in [4.69, 9.17) is 0 Å². The van der Waals surface area contributed by atoms with Crippen molar-refractivity contribution in [2.24, 2.45) is 0 Å². The molecule has 3 nitrogen and oxygen atoms in total. The molecule has 1 unspecified atom stereocenters. The largest absolute Gasteiger partial charge is 0.384 e. The Labute approximate surface area is 114 Å². The molecule has 1 aliphatic heterocycles. The lowest BCUT2D eigenvalue weighted by Gasteiger charge is -2.14. The summed E-state index contributed by atoms with van der Waals surface area (Å²) in [6.07, 6.45) is -0.298. The van der Waals surface area contributed by atoms with Crippen molar-refractivity contribution in [3.63, 3.8) is 0 Å². The van der Waals surface area contributed by atoms with Crippen LogP contribution in [0, 0.1) is 0 Å². The second-order valence-electron chi connectivity index (χ2n) is 5.23. The van der Waals surface area contributed by atoms with Gasteiger partial charge >= 0.3 is 0 Å². The Morgan fingerprint density at radius 3 is 2.79 bits per heavy atom. The predicted molar refractivity (Wildman–Crippen MR) is 76.0 cm³/mol. The maximum absolute atomic E-state index is 14.3. The molecule has 1 aromatic carbocycles. The summed E-state index contributed by atoms with van der Waals surface area (Å²) in [6.45, 7) is 4.08. The van der Waals surface area contributed by atoms with E-state index in [1.807, 2.05) is 12.1 Å². The Kier molecular flexibility index (Phi) is 4.13. The van der Waals surface area contributed by atoms with Crippen molar-refractivity contribution in [1.29, 1.82) is 0 Å². The van der Waals surface area contributed by atoms with Crippen LogP contribution in [0.1, 0.15) is 37.6 Å². The fraction of sp³-hybridized carbons (Fsp3) is 0.571. The number of sulfone groups is 1. The normalized spacial score (nSPS) is 16.2. The lowest BCUT2D eigenvalue weighted by atomic mass is 10.0. The van der Waals surface area contributed by atoms with Crippen LogP contribution in [0.25, 0.3) is 0 Å². The highest BCUT2D eigenvalue weighted by Crippen LogP contribution is 2.34. The number of anilines is 1. The molecule has 0 aromatic heterocycles. The smallest absolute Gasteiger partial charge is 0.152 e. The van der Waals surface area contributed by atoms with Crippen molar-refractivity contribution in [2.45, 2.75) is 38.1 Å². The van der Waals surface area contributed by atoms with E-state index in [0.717, 1.165) is 24.2 Å². The van der Waals surface area contributed by atoms with E-state index >= 15 is 0 Å². The molecule has 0 aliphatic carbocycles. The third kappa shape index (κ3) is 3.08. The molecule has 0 bridgehead atoms. The van der Waals surface area contributed by atoms with E-state index in [-0.39, 0.29) is 12.2 Å². The fourth-order valence-corrected chi connectivity index (χ4v) is 3.29. The first-order chi connectivity index (χ1) is 8.92. The average Bonchev–Trinajstić information content (AvgIpc) is 2.83. The lowest BCUT2D eigenvalue weighted by Crippen LogP contribution is -2.18. The van der Waals surface area contributed by atoms with Gasteiger partial charge in [0, 0.05) is 17.8 Å². The molecule has 5 heteroatoms. The van der Waals surface area contributed by atoms with Gasteiger partial charge in [0.2, 0.25) is 0 Å². The monoisotopic (exact) mass is 285 g/mol. The second kappa shape index (κ2) is 5.49. The molecule has 1 heterocycles. The fourth-order valence-electron chi connectivity index (χ4n) is 2.29. The summed E-state index contributed by atoms with van der Waals surface area (Å²) < 4.78 is 37.7. The summed E-state index contributed by atoms with van der Waals surface area (Å²) in [6, 6.07) is 5.56. The van der Waals surface area contributed by atoms with Crippen molar-refractivity contribution < 1.29 is 12.8 Å². The highest BCUT2D eigenvalue weighted by Gasteiger charge is 2.23. The molecule has 0 radical (unpaired) electrons. The van der Waals surface area contributed by atoms with Crippen LogP contribution in [0.5, 0.6) is 0 Å². The number of halogens is 1. The average molecular weight is 285 g/mol. The predicted octanol–water partition coefficient (Wildman–Crippen LogP) is 2.88. The number of hydrogen-bond donors (Lipinski definition) is 1. The number of rotatable bonds is 5. The molecule has 0 spiro atoms. The molecule has 1 aliphatic rings. The van der Waals surface area contributed by atoms with Gasteiger partial charge in [0.15, 0.2) is 9.84 Å². The van der Waals surface area contributed by atoms with E-state index in [1.54, 1.807) is 19.9 Å². The minimum absolute atomic E-state index is 0.0264. The van der Waals surface area contributed by atoms with Gasteiger partial charge in [-0.1, -0.05) is 18.2 Å². The topological polar surface area (TPSA) is 46.2 Å². The van der Waals surface area contributed by atoms with Gasteiger partial charge in [-0.15, -0.1) is 0 Å². The first-order valence-corrected chi connectivity index (χ1v) is 8.34. The molecule has 0 fully saturated rings. The van der Waals surface area contributed by atoms with Gasteiger partial charge in [0.25, 0.3) is 0 Å². The first-order valence-electron chi connectivity index (χ1n) is 6.63. The van der Waals surface area contributed by atoms with Crippen LogP contribution >= 0.6 is 0 Å². The van der Waals surface area contributed by atoms with Crippen molar-refractivity contribution in [3.05, 3.63) is 29.3 Å². The van der Waals surface area contributed by atoms with Gasteiger partial charge in [-0.05, 0) is 32.3 Å². The highest BCUT2D eigenvalue weighted by molar-refractivity contribution is 7.91. The maximum Gasteiger partial charge on any atom is 0.152 e. The molecule has 19 heavy (non-hydrogen) atoms. The summed E-state index contributed by atoms with van der Waals surface area (Å²) in [5.41, 5.74) is 2.57. The number of nitrogens with one attached hydrogen (secondary N) is 1.